The largest absolute Gasteiger partial charge is 0.496 e. The molecule has 238 valence electrons. The number of nitrogens with zero attached hydrogens (tertiary/aromatic N) is 4. The summed E-state index contributed by atoms with van der Waals surface area (Å²) in [6.45, 7) is 1.53. The number of hydrogen-bond acceptors (Lipinski definition) is 8. The van der Waals surface area contributed by atoms with Crippen LogP contribution < -0.4 is 5.32 Å². The van der Waals surface area contributed by atoms with Crippen LogP contribution in [-0.4, -0.2) is 63.6 Å². The van der Waals surface area contributed by atoms with Crippen molar-refractivity contribution in [3.05, 3.63) is 114 Å². The summed E-state index contributed by atoms with van der Waals surface area (Å²) in [7, 11) is 0. The van der Waals surface area contributed by atoms with E-state index in [-0.39, 0.29) is 18.4 Å². The third-order valence-electron chi connectivity index (χ3n) is 8.39. The summed E-state index contributed by atoms with van der Waals surface area (Å²) in [6.07, 6.45) is 7.13. The highest BCUT2D eigenvalue weighted by molar-refractivity contribution is 8.15. The second-order valence-electron chi connectivity index (χ2n) is 11.5. The summed E-state index contributed by atoms with van der Waals surface area (Å²) in [4.78, 5) is 52.3. The first-order chi connectivity index (χ1) is 23.0. The molecule has 47 heavy (non-hydrogen) atoms. The zero-order valence-electron chi connectivity index (χ0n) is 25.6. The standard InChI is InChI=1S/C36H33N5O5S/c42-33(31-12-5-19-40(31)36(44)46-23-24-7-2-1-3-8-24)38-27-15-13-26(14-16-27)32-34(43)41(22-28-10-6-20-45-28)35(47-32)39-30-11-4-9-25-17-18-37-21-29(25)30/h1-4,7-11,13-18,21,31-32H,5-6,12,19-20,22-23H2,(H,38,42)/b39-35-/t31-,32?/m0/s1. The van der Waals surface area contributed by atoms with E-state index in [1.807, 2.05) is 72.8 Å². The lowest BCUT2D eigenvalue weighted by atomic mass is 10.1. The van der Waals surface area contributed by atoms with Gasteiger partial charge in [-0.05, 0) is 59.7 Å². The van der Waals surface area contributed by atoms with Crippen molar-refractivity contribution in [1.29, 1.82) is 0 Å². The second-order valence-corrected chi connectivity index (χ2v) is 12.6. The van der Waals surface area contributed by atoms with Crippen LogP contribution in [0, 0.1) is 0 Å². The Morgan fingerprint density at radius 3 is 2.70 bits per heavy atom. The molecule has 0 radical (unpaired) electrons. The number of carbonyl (C=O) groups excluding carboxylic acids is 3. The number of anilines is 1. The molecule has 3 aromatic carbocycles. The molecule has 4 heterocycles. The fraction of sp³-hybridized carbons (Fsp3) is 0.250. The molecule has 7 rings (SSSR count). The van der Waals surface area contributed by atoms with Crippen LogP contribution in [0.5, 0.6) is 0 Å². The van der Waals surface area contributed by atoms with Gasteiger partial charge in [-0.1, -0.05) is 66.4 Å². The number of thioether (sulfide) groups is 1. The molecule has 0 aliphatic carbocycles. The number of rotatable bonds is 8. The molecule has 2 saturated heterocycles. The number of carbonyl (C=O) groups is 3. The summed E-state index contributed by atoms with van der Waals surface area (Å²) in [5.41, 5.74) is 3.00. The molecule has 0 spiro atoms. The van der Waals surface area contributed by atoms with Gasteiger partial charge in [-0.2, -0.15) is 0 Å². The Bertz CT molecular complexity index is 1860. The molecule has 3 amide bonds. The van der Waals surface area contributed by atoms with E-state index in [1.54, 1.807) is 29.4 Å². The van der Waals surface area contributed by atoms with E-state index in [0.29, 0.717) is 37.0 Å². The lowest BCUT2D eigenvalue weighted by Gasteiger charge is -2.23. The molecule has 3 aliphatic rings. The molecule has 2 atom stereocenters. The van der Waals surface area contributed by atoms with E-state index in [4.69, 9.17) is 14.5 Å². The van der Waals surface area contributed by atoms with E-state index in [2.05, 4.69) is 10.3 Å². The Morgan fingerprint density at radius 1 is 1.04 bits per heavy atom. The summed E-state index contributed by atoms with van der Waals surface area (Å²) in [5, 5.41) is 4.94. The van der Waals surface area contributed by atoms with Crippen molar-refractivity contribution < 1.29 is 23.9 Å². The van der Waals surface area contributed by atoms with Crippen molar-refractivity contribution in [3.63, 3.8) is 0 Å². The summed E-state index contributed by atoms with van der Waals surface area (Å²) >= 11 is 1.39. The molecule has 11 heteroatoms. The van der Waals surface area contributed by atoms with Gasteiger partial charge in [-0.25, -0.2) is 9.79 Å². The maximum Gasteiger partial charge on any atom is 0.410 e. The van der Waals surface area contributed by atoms with Crippen LogP contribution in [0.1, 0.15) is 35.6 Å². The minimum Gasteiger partial charge on any atom is -0.496 e. The Labute approximate surface area is 276 Å². The van der Waals surface area contributed by atoms with E-state index in [0.717, 1.165) is 46.2 Å². The third-order valence-corrected chi connectivity index (χ3v) is 9.62. The number of aromatic nitrogens is 1. The topological polar surface area (TPSA) is 113 Å². The number of benzene rings is 3. The Balaban J connectivity index is 1.05. The first kappa shape index (κ1) is 30.5. The molecular formula is C36H33N5O5S. The van der Waals surface area contributed by atoms with E-state index in [1.165, 1.54) is 16.7 Å². The van der Waals surface area contributed by atoms with Crippen LogP contribution in [0.4, 0.5) is 16.2 Å². The zero-order valence-corrected chi connectivity index (χ0v) is 26.4. The molecule has 2 fully saturated rings. The first-order valence-corrected chi connectivity index (χ1v) is 16.5. The molecular weight excluding hydrogens is 614 g/mol. The molecule has 1 N–H and O–H groups in total. The number of likely N-dealkylation sites (tertiary alicyclic amines) is 1. The van der Waals surface area contributed by atoms with Crippen LogP contribution in [0.3, 0.4) is 0 Å². The number of aliphatic imine (C=N–C) groups is 1. The predicted molar refractivity (Wildman–Crippen MR) is 181 cm³/mol. The van der Waals surface area contributed by atoms with Crippen LogP contribution in [-0.2, 0) is 25.7 Å². The number of amidine groups is 1. The number of pyridine rings is 1. The molecule has 10 nitrogen and oxygen atoms in total. The highest BCUT2D eigenvalue weighted by Gasteiger charge is 2.40. The summed E-state index contributed by atoms with van der Waals surface area (Å²) in [6, 6.07) is 23.9. The summed E-state index contributed by atoms with van der Waals surface area (Å²) < 4.78 is 11.2. The van der Waals surface area contributed by atoms with Crippen LogP contribution in [0.25, 0.3) is 10.8 Å². The smallest absolute Gasteiger partial charge is 0.410 e. The highest BCUT2D eigenvalue weighted by Crippen LogP contribution is 2.42. The average Bonchev–Trinajstić information content (AvgIpc) is 3.87. The van der Waals surface area contributed by atoms with Gasteiger partial charge in [0.1, 0.15) is 23.7 Å². The zero-order chi connectivity index (χ0) is 32.2. The van der Waals surface area contributed by atoms with Gasteiger partial charge >= 0.3 is 6.09 Å². The minimum atomic E-state index is -0.617. The Hall–Kier alpha value is -5.16. The first-order valence-electron chi connectivity index (χ1n) is 15.6. The van der Waals surface area contributed by atoms with Gasteiger partial charge in [0.15, 0.2) is 5.17 Å². The number of ether oxygens (including phenoxy) is 2. The van der Waals surface area contributed by atoms with Crippen molar-refractivity contribution in [2.24, 2.45) is 4.99 Å². The Morgan fingerprint density at radius 2 is 1.89 bits per heavy atom. The monoisotopic (exact) mass is 647 g/mol. The van der Waals surface area contributed by atoms with Crippen molar-refractivity contribution in [3.8, 4) is 0 Å². The molecule has 1 aromatic heterocycles. The van der Waals surface area contributed by atoms with Gasteiger partial charge in [0.25, 0.3) is 0 Å². The normalized spacial score (nSPS) is 20.0. The molecule has 1 unspecified atom stereocenters. The van der Waals surface area contributed by atoms with Gasteiger partial charge in [0.2, 0.25) is 11.8 Å². The van der Waals surface area contributed by atoms with Gasteiger partial charge in [-0.3, -0.25) is 24.4 Å². The fourth-order valence-electron chi connectivity index (χ4n) is 5.96. The number of nitrogens with one attached hydrogen (secondary N) is 1. The average molecular weight is 648 g/mol. The molecule has 0 saturated carbocycles. The van der Waals surface area contributed by atoms with Crippen molar-refractivity contribution in [2.45, 2.75) is 37.2 Å². The van der Waals surface area contributed by atoms with Crippen molar-refractivity contribution in [1.82, 2.24) is 14.8 Å². The van der Waals surface area contributed by atoms with Gasteiger partial charge < -0.3 is 14.8 Å². The van der Waals surface area contributed by atoms with Crippen LogP contribution in [0.2, 0.25) is 0 Å². The second kappa shape index (κ2) is 13.7. The molecule has 0 bridgehead atoms. The minimum absolute atomic E-state index is 0.0871. The van der Waals surface area contributed by atoms with Crippen LogP contribution >= 0.6 is 11.8 Å². The van der Waals surface area contributed by atoms with E-state index < -0.39 is 17.4 Å². The predicted octanol–water partition coefficient (Wildman–Crippen LogP) is 6.58. The number of amides is 3. The van der Waals surface area contributed by atoms with Crippen molar-refractivity contribution in [2.75, 3.05) is 25.0 Å². The van der Waals surface area contributed by atoms with E-state index >= 15 is 0 Å². The lowest BCUT2D eigenvalue weighted by molar-refractivity contribution is -0.126. The van der Waals surface area contributed by atoms with Gasteiger partial charge in [0, 0.05) is 36.4 Å². The molecule has 4 aromatic rings. The fourth-order valence-corrected chi connectivity index (χ4v) is 7.12. The van der Waals surface area contributed by atoms with Gasteiger partial charge in [-0.15, -0.1) is 0 Å². The summed E-state index contributed by atoms with van der Waals surface area (Å²) in [5.74, 6) is 0.402. The maximum absolute atomic E-state index is 13.8. The van der Waals surface area contributed by atoms with E-state index in [9.17, 15) is 14.4 Å². The highest BCUT2D eigenvalue weighted by atomic mass is 32.2. The van der Waals surface area contributed by atoms with Crippen LogP contribution in [0.15, 0.2) is 108 Å². The molecule has 3 aliphatic heterocycles. The number of fused-ring (bicyclic) bond motifs is 1. The SMILES string of the molecule is O=C(Nc1ccc(C2S/C(=N\c3cccc4ccncc34)N(CC3=CCCO3)C2=O)cc1)[C@@H]1CCCN1C(=O)OCc1ccccc1. The Kier molecular flexibility index (Phi) is 8.87. The maximum atomic E-state index is 13.8. The lowest BCUT2D eigenvalue weighted by Crippen LogP contribution is -2.43. The quantitative estimate of drug-likeness (QED) is 0.230. The van der Waals surface area contributed by atoms with Crippen molar-refractivity contribution >= 4 is 57.0 Å². The van der Waals surface area contributed by atoms with Gasteiger partial charge in [0.05, 0.1) is 18.8 Å². The third kappa shape index (κ3) is 6.71. The number of hydrogen-bond donors (Lipinski definition) is 1.